The van der Waals surface area contributed by atoms with Crippen molar-refractivity contribution in [3.05, 3.63) is 30.1 Å². The highest BCUT2D eigenvalue weighted by Gasteiger charge is 2.40. The van der Waals surface area contributed by atoms with Crippen LogP contribution in [-0.4, -0.2) is 43.1 Å². The van der Waals surface area contributed by atoms with Gasteiger partial charge in [-0.1, -0.05) is 18.9 Å². The second kappa shape index (κ2) is 5.96. The number of likely N-dealkylation sites (tertiary alicyclic amines) is 1. The number of rotatable bonds is 6. The first-order chi connectivity index (χ1) is 10.5. The molecule has 2 fully saturated rings. The molecule has 1 aromatic rings. The number of amides is 1. The van der Waals surface area contributed by atoms with Crippen LogP contribution in [0.1, 0.15) is 37.3 Å². The first-order valence-corrected chi connectivity index (χ1v) is 9.27. The summed E-state index contributed by atoms with van der Waals surface area (Å²) in [5.74, 6) is 0.661. The summed E-state index contributed by atoms with van der Waals surface area (Å²) in [5, 5.41) is 0. The lowest BCUT2D eigenvalue weighted by molar-refractivity contribution is -0.127. The van der Waals surface area contributed by atoms with Gasteiger partial charge in [-0.15, -0.1) is 0 Å². The molecular weight excluding hydrogens is 302 g/mol. The minimum absolute atomic E-state index is 0.0521. The van der Waals surface area contributed by atoms with Gasteiger partial charge in [-0.3, -0.25) is 9.78 Å². The molecule has 3 rings (SSSR count). The van der Waals surface area contributed by atoms with Crippen molar-refractivity contribution in [2.45, 2.75) is 37.8 Å². The molecule has 1 saturated heterocycles. The Labute approximate surface area is 131 Å². The van der Waals surface area contributed by atoms with Gasteiger partial charge in [-0.2, -0.15) is 0 Å². The molecule has 0 radical (unpaired) electrons. The van der Waals surface area contributed by atoms with E-state index < -0.39 is 16.1 Å². The second-order valence-corrected chi connectivity index (χ2v) is 8.09. The van der Waals surface area contributed by atoms with Crippen molar-refractivity contribution in [2.24, 2.45) is 5.92 Å². The average molecular weight is 323 g/mol. The van der Waals surface area contributed by atoms with Crippen LogP contribution in [0.15, 0.2) is 24.5 Å². The number of nitrogens with zero attached hydrogens (tertiary/aromatic N) is 2. The zero-order valence-electron chi connectivity index (χ0n) is 12.6. The number of carbonyl (C=O) groups is 1. The van der Waals surface area contributed by atoms with E-state index in [1.165, 1.54) is 0 Å². The van der Waals surface area contributed by atoms with Crippen molar-refractivity contribution in [3.63, 3.8) is 0 Å². The molecule has 2 heterocycles. The summed E-state index contributed by atoms with van der Waals surface area (Å²) in [4.78, 5) is 17.7. The number of sulfonamides is 1. The standard InChI is InChI=1S/C15H21N3O3S/c1-18-14(19)9-13(15(18)12-3-2-7-16-10-12)17-22(20,21)8-6-11-4-5-11/h2-3,7,10-11,13,15,17H,4-6,8-9H2,1H3/t13-,15+/m1/s1. The summed E-state index contributed by atoms with van der Waals surface area (Å²) < 4.78 is 27.2. The number of hydrogen-bond donors (Lipinski definition) is 1. The predicted octanol–water partition coefficient (Wildman–Crippen LogP) is 1.07. The van der Waals surface area contributed by atoms with Gasteiger partial charge < -0.3 is 4.90 Å². The maximum atomic E-state index is 12.3. The van der Waals surface area contributed by atoms with Gasteiger partial charge in [0.15, 0.2) is 0 Å². The van der Waals surface area contributed by atoms with Gasteiger partial charge in [0.1, 0.15) is 0 Å². The maximum absolute atomic E-state index is 12.3. The molecule has 0 spiro atoms. The lowest BCUT2D eigenvalue weighted by Gasteiger charge is -2.25. The number of aromatic nitrogens is 1. The lowest BCUT2D eigenvalue weighted by Crippen LogP contribution is -2.40. The molecule has 22 heavy (non-hydrogen) atoms. The molecule has 0 bridgehead atoms. The molecule has 2 atom stereocenters. The van der Waals surface area contributed by atoms with Crippen LogP contribution in [0.25, 0.3) is 0 Å². The molecule has 120 valence electrons. The van der Waals surface area contributed by atoms with Gasteiger partial charge in [-0.05, 0) is 24.0 Å². The van der Waals surface area contributed by atoms with E-state index in [1.807, 2.05) is 6.07 Å². The zero-order chi connectivity index (χ0) is 15.7. The number of carbonyl (C=O) groups excluding carboxylic acids is 1. The molecule has 1 amide bonds. The summed E-state index contributed by atoms with van der Waals surface area (Å²) in [6, 6.07) is 2.95. The third-order valence-electron chi connectivity index (χ3n) is 4.43. The van der Waals surface area contributed by atoms with Crippen molar-refractivity contribution in [3.8, 4) is 0 Å². The largest absolute Gasteiger partial charge is 0.337 e. The highest BCUT2D eigenvalue weighted by Crippen LogP contribution is 2.34. The van der Waals surface area contributed by atoms with E-state index in [2.05, 4.69) is 9.71 Å². The highest BCUT2D eigenvalue weighted by molar-refractivity contribution is 7.89. The van der Waals surface area contributed by atoms with Gasteiger partial charge >= 0.3 is 0 Å². The molecule has 1 aliphatic carbocycles. The van der Waals surface area contributed by atoms with E-state index in [1.54, 1.807) is 30.4 Å². The Hall–Kier alpha value is -1.47. The fourth-order valence-corrected chi connectivity index (χ4v) is 4.43. The second-order valence-electron chi connectivity index (χ2n) is 6.22. The maximum Gasteiger partial charge on any atom is 0.224 e. The third-order valence-corrected chi connectivity index (χ3v) is 5.87. The van der Waals surface area contributed by atoms with Crippen LogP contribution in [0.2, 0.25) is 0 Å². The Kier molecular flexibility index (Phi) is 4.18. The van der Waals surface area contributed by atoms with Gasteiger partial charge in [0, 0.05) is 25.9 Å². The van der Waals surface area contributed by atoms with Crippen LogP contribution in [0.5, 0.6) is 0 Å². The van der Waals surface area contributed by atoms with Crippen molar-refractivity contribution in [1.82, 2.24) is 14.6 Å². The number of hydrogen-bond acceptors (Lipinski definition) is 4. The Morgan fingerprint density at radius 3 is 2.82 bits per heavy atom. The predicted molar refractivity (Wildman–Crippen MR) is 82.4 cm³/mol. The molecule has 1 aliphatic heterocycles. The number of likely N-dealkylation sites (N-methyl/N-ethyl adjacent to an activating group) is 1. The molecule has 2 aliphatic rings. The highest BCUT2D eigenvalue weighted by atomic mass is 32.2. The van der Waals surface area contributed by atoms with E-state index in [-0.39, 0.29) is 24.1 Å². The van der Waals surface area contributed by atoms with Crippen LogP contribution in [0.3, 0.4) is 0 Å². The van der Waals surface area contributed by atoms with Gasteiger partial charge in [-0.25, -0.2) is 13.1 Å². The van der Waals surface area contributed by atoms with Crippen LogP contribution >= 0.6 is 0 Å². The van der Waals surface area contributed by atoms with Crippen molar-refractivity contribution >= 4 is 15.9 Å². The summed E-state index contributed by atoms with van der Waals surface area (Å²) in [7, 11) is -1.65. The Balaban J connectivity index is 1.74. The Morgan fingerprint density at radius 2 is 2.18 bits per heavy atom. The Morgan fingerprint density at radius 1 is 1.41 bits per heavy atom. The van der Waals surface area contributed by atoms with Crippen molar-refractivity contribution in [2.75, 3.05) is 12.8 Å². The normalized spacial score (nSPS) is 25.7. The minimum Gasteiger partial charge on any atom is -0.337 e. The van der Waals surface area contributed by atoms with Crippen molar-refractivity contribution < 1.29 is 13.2 Å². The average Bonchev–Trinajstić information content (AvgIpc) is 3.26. The van der Waals surface area contributed by atoms with Gasteiger partial charge in [0.25, 0.3) is 0 Å². The molecule has 1 N–H and O–H groups in total. The summed E-state index contributed by atoms with van der Waals surface area (Å²) in [5.41, 5.74) is 0.853. The monoisotopic (exact) mass is 323 g/mol. The van der Waals surface area contributed by atoms with Crippen LogP contribution in [-0.2, 0) is 14.8 Å². The minimum atomic E-state index is -3.36. The van der Waals surface area contributed by atoms with Crippen LogP contribution in [0.4, 0.5) is 0 Å². The van der Waals surface area contributed by atoms with Crippen LogP contribution < -0.4 is 4.72 Å². The molecule has 6 nitrogen and oxygen atoms in total. The zero-order valence-corrected chi connectivity index (χ0v) is 13.4. The van der Waals surface area contributed by atoms with Crippen LogP contribution in [0, 0.1) is 5.92 Å². The Bertz CT molecular complexity index is 643. The number of pyridine rings is 1. The number of nitrogens with one attached hydrogen (secondary N) is 1. The summed E-state index contributed by atoms with van der Waals surface area (Å²) >= 11 is 0. The van der Waals surface area contributed by atoms with Gasteiger partial charge in [0.05, 0.1) is 17.8 Å². The molecule has 1 saturated carbocycles. The first-order valence-electron chi connectivity index (χ1n) is 7.62. The third kappa shape index (κ3) is 3.47. The molecule has 0 aromatic carbocycles. The smallest absolute Gasteiger partial charge is 0.224 e. The van der Waals surface area contributed by atoms with E-state index in [4.69, 9.17) is 0 Å². The van der Waals surface area contributed by atoms with Crippen molar-refractivity contribution in [1.29, 1.82) is 0 Å². The molecule has 0 unspecified atom stereocenters. The van der Waals surface area contributed by atoms with E-state index in [0.717, 1.165) is 18.4 Å². The van der Waals surface area contributed by atoms with E-state index >= 15 is 0 Å². The quantitative estimate of drug-likeness (QED) is 0.849. The molecule has 1 aromatic heterocycles. The van der Waals surface area contributed by atoms with E-state index in [0.29, 0.717) is 12.3 Å². The fourth-order valence-electron chi connectivity index (χ4n) is 3.00. The topological polar surface area (TPSA) is 79.4 Å². The van der Waals surface area contributed by atoms with Gasteiger partial charge in [0.2, 0.25) is 15.9 Å². The lowest BCUT2D eigenvalue weighted by atomic mass is 10.0. The molecular formula is C15H21N3O3S. The van der Waals surface area contributed by atoms with E-state index in [9.17, 15) is 13.2 Å². The fraction of sp³-hybridized carbons (Fsp3) is 0.600. The summed E-state index contributed by atoms with van der Waals surface area (Å²) in [6.45, 7) is 0. The molecule has 7 heteroatoms. The SMILES string of the molecule is CN1C(=O)C[C@@H](NS(=O)(=O)CCC2CC2)[C@@H]1c1cccnc1. The summed E-state index contributed by atoms with van der Waals surface area (Å²) in [6.07, 6.45) is 6.53. The first kappa shape index (κ1) is 15.4.